The van der Waals surface area contributed by atoms with Gasteiger partial charge in [0.2, 0.25) is 12.3 Å². The molecule has 0 saturated heterocycles. The summed E-state index contributed by atoms with van der Waals surface area (Å²) in [5, 5.41) is 11.7. The molecule has 0 rings (SSSR count). The molecular weight excluding hydrogens is 258 g/mol. The summed E-state index contributed by atoms with van der Waals surface area (Å²) >= 11 is 0. The molecule has 6 N–H and O–H groups in total. The lowest BCUT2D eigenvalue weighted by Gasteiger charge is -2.07. The van der Waals surface area contributed by atoms with Crippen LogP contribution in [0.5, 0.6) is 0 Å². The molecular formula is C13H29N5O2. The van der Waals surface area contributed by atoms with Gasteiger partial charge in [0, 0.05) is 6.54 Å². The normalized spacial score (nSPS) is 10.2. The third-order valence-electron chi connectivity index (χ3n) is 2.71. The molecule has 0 atom stereocenters. The van der Waals surface area contributed by atoms with Gasteiger partial charge >= 0.3 is 0 Å². The van der Waals surface area contributed by atoms with Gasteiger partial charge in [-0.05, 0) is 58.4 Å². The molecule has 7 nitrogen and oxygen atoms in total. The Balaban J connectivity index is 3.06. The first-order chi connectivity index (χ1) is 9.81. The molecule has 20 heavy (non-hydrogen) atoms. The summed E-state index contributed by atoms with van der Waals surface area (Å²) in [6.07, 6.45) is 4.75. The van der Waals surface area contributed by atoms with E-state index in [1.54, 1.807) is 0 Å². The number of rotatable bonds is 15. The average Bonchev–Trinajstić information content (AvgIpc) is 2.46. The quantitative estimate of drug-likeness (QED) is 0.187. The zero-order valence-electron chi connectivity index (χ0n) is 12.2. The molecule has 0 heterocycles. The van der Waals surface area contributed by atoms with Crippen molar-refractivity contribution in [3.8, 4) is 0 Å². The van der Waals surface area contributed by atoms with Crippen LogP contribution in [0.25, 0.3) is 0 Å². The third kappa shape index (κ3) is 14.9. The van der Waals surface area contributed by atoms with Crippen molar-refractivity contribution in [1.29, 1.82) is 0 Å². The van der Waals surface area contributed by atoms with E-state index in [4.69, 9.17) is 5.73 Å². The number of carbonyl (C=O) groups excluding carboxylic acids is 2. The van der Waals surface area contributed by atoms with Crippen LogP contribution in [0.4, 0.5) is 0 Å². The lowest BCUT2D eigenvalue weighted by molar-refractivity contribution is -0.122. The Morgan fingerprint density at radius 1 is 0.900 bits per heavy atom. The zero-order chi connectivity index (χ0) is 14.9. The van der Waals surface area contributed by atoms with Crippen LogP contribution in [-0.4, -0.2) is 58.1 Å². The Morgan fingerprint density at radius 2 is 1.50 bits per heavy atom. The van der Waals surface area contributed by atoms with Crippen LogP contribution < -0.4 is 27.0 Å². The van der Waals surface area contributed by atoms with E-state index < -0.39 is 0 Å². The fourth-order valence-corrected chi connectivity index (χ4v) is 1.62. The van der Waals surface area contributed by atoms with Crippen molar-refractivity contribution < 1.29 is 9.59 Å². The topological polar surface area (TPSA) is 108 Å². The highest BCUT2D eigenvalue weighted by Crippen LogP contribution is 1.85. The maximum atomic E-state index is 11.1. The summed E-state index contributed by atoms with van der Waals surface area (Å²) in [6, 6.07) is 0. The molecule has 0 aromatic rings. The molecule has 0 aromatic heterocycles. The van der Waals surface area contributed by atoms with Crippen LogP contribution >= 0.6 is 0 Å². The molecule has 0 unspecified atom stereocenters. The van der Waals surface area contributed by atoms with E-state index in [-0.39, 0.29) is 12.5 Å². The van der Waals surface area contributed by atoms with Gasteiger partial charge in [-0.25, -0.2) is 0 Å². The van der Waals surface area contributed by atoms with Gasteiger partial charge in [0.25, 0.3) is 0 Å². The second-order valence-corrected chi connectivity index (χ2v) is 4.55. The highest BCUT2D eigenvalue weighted by molar-refractivity contribution is 5.79. The van der Waals surface area contributed by atoms with Gasteiger partial charge in [0.05, 0.1) is 6.54 Å². The highest BCUT2D eigenvalue weighted by Gasteiger charge is 1.97. The van der Waals surface area contributed by atoms with Crippen LogP contribution in [0.15, 0.2) is 0 Å². The van der Waals surface area contributed by atoms with Crippen molar-refractivity contribution in [2.45, 2.75) is 25.7 Å². The molecule has 0 aromatic carbocycles. The van der Waals surface area contributed by atoms with Crippen LogP contribution in [0.3, 0.4) is 0 Å². The van der Waals surface area contributed by atoms with E-state index in [2.05, 4.69) is 21.3 Å². The molecule has 0 fully saturated rings. The largest absolute Gasteiger partial charge is 0.355 e. The summed E-state index contributed by atoms with van der Waals surface area (Å²) in [4.78, 5) is 21.1. The minimum absolute atomic E-state index is 0.0497. The maximum absolute atomic E-state index is 11.1. The monoisotopic (exact) mass is 287 g/mol. The molecule has 0 saturated carbocycles. The molecule has 0 bridgehead atoms. The number of hydrogen-bond donors (Lipinski definition) is 5. The Morgan fingerprint density at radius 3 is 2.10 bits per heavy atom. The fourth-order valence-electron chi connectivity index (χ4n) is 1.62. The molecule has 118 valence electrons. The lowest BCUT2D eigenvalue weighted by atomic mass is 10.3. The van der Waals surface area contributed by atoms with Crippen molar-refractivity contribution >= 4 is 12.3 Å². The molecule has 0 aliphatic heterocycles. The molecule has 7 heteroatoms. The van der Waals surface area contributed by atoms with Crippen LogP contribution in [0.1, 0.15) is 25.7 Å². The van der Waals surface area contributed by atoms with Crippen molar-refractivity contribution in [2.24, 2.45) is 5.73 Å². The maximum Gasteiger partial charge on any atom is 0.239 e. The van der Waals surface area contributed by atoms with Crippen molar-refractivity contribution in [2.75, 3.05) is 45.8 Å². The minimum Gasteiger partial charge on any atom is -0.355 e. The second kappa shape index (κ2) is 15.9. The van der Waals surface area contributed by atoms with E-state index in [0.717, 1.165) is 58.4 Å². The van der Waals surface area contributed by atoms with Crippen LogP contribution in [0.2, 0.25) is 0 Å². The lowest BCUT2D eigenvalue weighted by Crippen LogP contribution is -2.34. The number of nitrogens with two attached hydrogens (primary N) is 1. The van der Waals surface area contributed by atoms with Gasteiger partial charge < -0.3 is 27.0 Å². The minimum atomic E-state index is -0.152. The van der Waals surface area contributed by atoms with Gasteiger partial charge in [0.1, 0.15) is 0 Å². The van der Waals surface area contributed by atoms with Gasteiger partial charge in [-0.2, -0.15) is 0 Å². The molecule has 0 spiro atoms. The first-order valence-corrected chi connectivity index (χ1v) is 7.36. The predicted octanol–water partition coefficient (Wildman–Crippen LogP) is -1.45. The van der Waals surface area contributed by atoms with Crippen molar-refractivity contribution in [3.05, 3.63) is 0 Å². The highest BCUT2D eigenvalue weighted by atomic mass is 16.2. The zero-order valence-corrected chi connectivity index (χ0v) is 12.2. The standard InChI is InChI=1S/C13H29N5O2/c14-5-3-8-15-6-1-2-7-16-9-4-10-18-13(20)11-17-12-19/h12,15-16H,1-11,14H2,(H,17,19)(H,18,20). The number of unbranched alkanes of at least 4 members (excludes halogenated alkanes) is 1. The second-order valence-electron chi connectivity index (χ2n) is 4.55. The summed E-state index contributed by atoms with van der Waals surface area (Å²) in [6.45, 7) is 5.36. The fraction of sp³-hybridized carbons (Fsp3) is 0.846. The molecule has 0 radical (unpaired) electrons. The number of carbonyl (C=O) groups is 2. The van der Waals surface area contributed by atoms with E-state index in [1.165, 1.54) is 0 Å². The first-order valence-electron chi connectivity index (χ1n) is 7.36. The van der Waals surface area contributed by atoms with Crippen molar-refractivity contribution in [1.82, 2.24) is 21.3 Å². The molecule has 0 aliphatic carbocycles. The van der Waals surface area contributed by atoms with Gasteiger partial charge in [0.15, 0.2) is 0 Å². The smallest absolute Gasteiger partial charge is 0.239 e. The van der Waals surface area contributed by atoms with Gasteiger partial charge in [-0.3, -0.25) is 9.59 Å². The SMILES string of the molecule is NCCCNCCCCNCCCNC(=O)CNC=O. The number of nitrogens with one attached hydrogen (secondary N) is 4. The van der Waals surface area contributed by atoms with Gasteiger partial charge in [-0.15, -0.1) is 0 Å². The van der Waals surface area contributed by atoms with Crippen molar-refractivity contribution in [3.63, 3.8) is 0 Å². The van der Waals surface area contributed by atoms with E-state index in [1.807, 2.05) is 0 Å². The predicted molar refractivity (Wildman–Crippen MR) is 80.3 cm³/mol. The van der Waals surface area contributed by atoms with E-state index >= 15 is 0 Å². The molecule has 2 amide bonds. The Hall–Kier alpha value is -1.18. The number of hydrogen-bond acceptors (Lipinski definition) is 5. The van der Waals surface area contributed by atoms with Crippen LogP contribution in [-0.2, 0) is 9.59 Å². The molecule has 0 aliphatic rings. The summed E-state index contributed by atoms with van der Waals surface area (Å²) in [7, 11) is 0. The van der Waals surface area contributed by atoms with E-state index in [9.17, 15) is 9.59 Å². The Bertz CT molecular complexity index is 239. The number of amides is 2. The summed E-state index contributed by atoms with van der Waals surface area (Å²) in [5.74, 6) is -0.152. The van der Waals surface area contributed by atoms with Crippen LogP contribution in [0, 0.1) is 0 Å². The summed E-state index contributed by atoms with van der Waals surface area (Å²) < 4.78 is 0. The van der Waals surface area contributed by atoms with E-state index in [0.29, 0.717) is 13.0 Å². The first kappa shape index (κ1) is 18.8. The Labute approximate surface area is 121 Å². The average molecular weight is 287 g/mol. The third-order valence-corrected chi connectivity index (χ3v) is 2.71. The summed E-state index contributed by atoms with van der Waals surface area (Å²) in [5.41, 5.74) is 5.40. The van der Waals surface area contributed by atoms with Gasteiger partial charge in [-0.1, -0.05) is 0 Å². The Kier molecular flexibility index (Phi) is 14.9.